The summed E-state index contributed by atoms with van der Waals surface area (Å²) in [7, 11) is 0. The first-order chi connectivity index (χ1) is 8.09. The third-order valence-electron chi connectivity index (χ3n) is 2.77. The van der Waals surface area contributed by atoms with Crippen molar-refractivity contribution in [2.24, 2.45) is 0 Å². The number of hydrogen-bond donors (Lipinski definition) is 1. The van der Waals surface area contributed by atoms with Crippen molar-refractivity contribution in [3.05, 3.63) is 59.7 Å². The number of benzene rings is 1. The Bertz CT molecular complexity index is 531. The highest BCUT2D eigenvalue weighted by atomic mass is 19.1. The van der Waals surface area contributed by atoms with Crippen molar-refractivity contribution in [3.63, 3.8) is 0 Å². The standard InChI is InChI=1S/C13H12FNO2/c1-9(10-4-6-11(14)7-5-10)15-8-2-3-12(15)13(16)17/h2-9H,1H3,(H,16,17). The second-order valence-electron chi connectivity index (χ2n) is 3.83. The monoisotopic (exact) mass is 233 g/mol. The van der Waals surface area contributed by atoms with Crippen LogP contribution in [0.1, 0.15) is 29.0 Å². The molecule has 1 unspecified atom stereocenters. The zero-order valence-corrected chi connectivity index (χ0v) is 9.30. The van der Waals surface area contributed by atoms with Crippen LogP contribution in [-0.2, 0) is 0 Å². The number of halogens is 1. The Morgan fingerprint density at radius 1 is 1.29 bits per heavy atom. The Morgan fingerprint density at radius 3 is 2.53 bits per heavy atom. The molecule has 0 aliphatic rings. The molecule has 0 aliphatic carbocycles. The van der Waals surface area contributed by atoms with Gasteiger partial charge >= 0.3 is 5.97 Å². The van der Waals surface area contributed by atoms with Gasteiger partial charge in [0.15, 0.2) is 0 Å². The van der Waals surface area contributed by atoms with Gasteiger partial charge in [-0.1, -0.05) is 12.1 Å². The second-order valence-corrected chi connectivity index (χ2v) is 3.83. The van der Waals surface area contributed by atoms with E-state index in [2.05, 4.69) is 0 Å². The van der Waals surface area contributed by atoms with E-state index in [1.165, 1.54) is 12.1 Å². The Hall–Kier alpha value is -2.10. The van der Waals surface area contributed by atoms with Gasteiger partial charge in [-0.2, -0.15) is 0 Å². The predicted octanol–water partition coefficient (Wildman–Crippen LogP) is 2.93. The molecule has 3 nitrogen and oxygen atoms in total. The highest BCUT2D eigenvalue weighted by molar-refractivity contribution is 5.85. The Morgan fingerprint density at radius 2 is 1.94 bits per heavy atom. The van der Waals surface area contributed by atoms with Gasteiger partial charge in [-0.3, -0.25) is 0 Å². The maximum atomic E-state index is 12.8. The Balaban J connectivity index is 2.36. The van der Waals surface area contributed by atoms with Crippen LogP contribution in [0, 0.1) is 5.82 Å². The number of aromatic carboxylic acids is 1. The largest absolute Gasteiger partial charge is 0.477 e. The number of aromatic nitrogens is 1. The van der Waals surface area contributed by atoms with Crippen LogP contribution in [0.25, 0.3) is 0 Å². The summed E-state index contributed by atoms with van der Waals surface area (Å²) < 4.78 is 14.4. The lowest BCUT2D eigenvalue weighted by Gasteiger charge is -2.16. The second kappa shape index (κ2) is 4.41. The average molecular weight is 233 g/mol. The van der Waals surface area contributed by atoms with Gasteiger partial charge < -0.3 is 9.67 Å². The molecule has 1 N–H and O–H groups in total. The molecule has 1 atom stereocenters. The van der Waals surface area contributed by atoms with E-state index in [0.29, 0.717) is 0 Å². The van der Waals surface area contributed by atoms with E-state index in [9.17, 15) is 9.18 Å². The first-order valence-corrected chi connectivity index (χ1v) is 5.25. The van der Waals surface area contributed by atoms with Crippen molar-refractivity contribution in [2.45, 2.75) is 13.0 Å². The predicted molar refractivity (Wildman–Crippen MR) is 61.6 cm³/mol. The summed E-state index contributed by atoms with van der Waals surface area (Å²) in [5, 5.41) is 9.01. The zero-order chi connectivity index (χ0) is 12.4. The van der Waals surface area contributed by atoms with Crippen LogP contribution in [-0.4, -0.2) is 15.6 Å². The molecule has 1 aromatic heterocycles. The van der Waals surface area contributed by atoms with Crippen molar-refractivity contribution in [3.8, 4) is 0 Å². The maximum Gasteiger partial charge on any atom is 0.352 e. The van der Waals surface area contributed by atoms with Crippen molar-refractivity contribution in [2.75, 3.05) is 0 Å². The van der Waals surface area contributed by atoms with E-state index in [1.807, 2.05) is 6.92 Å². The fraction of sp³-hybridized carbons (Fsp3) is 0.154. The smallest absolute Gasteiger partial charge is 0.352 e. The van der Waals surface area contributed by atoms with E-state index in [0.717, 1.165) is 5.56 Å². The highest BCUT2D eigenvalue weighted by Crippen LogP contribution is 2.20. The molecule has 2 aromatic rings. The Labute approximate surface area is 98.1 Å². The summed E-state index contributed by atoms with van der Waals surface area (Å²) >= 11 is 0. The summed E-state index contributed by atoms with van der Waals surface area (Å²) in [6.07, 6.45) is 1.71. The third-order valence-corrected chi connectivity index (χ3v) is 2.77. The van der Waals surface area contributed by atoms with Gasteiger partial charge in [0.1, 0.15) is 11.5 Å². The molecule has 0 amide bonds. The van der Waals surface area contributed by atoms with Crippen molar-refractivity contribution in [1.82, 2.24) is 4.57 Å². The minimum Gasteiger partial charge on any atom is -0.477 e. The first-order valence-electron chi connectivity index (χ1n) is 5.25. The number of nitrogens with zero attached hydrogens (tertiary/aromatic N) is 1. The topological polar surface area (TPSA) is 42.2 Å². The molecule has 0 aliphatic heterocycles. The van der Waals surface area contributed by atoms with Gasteiger partial charge in [0.25, 0.3) is 0 Å². The molecule has 0 radical (unpaired) electrons. The van der Waals surface area contributed by atoms with Crippen LogP contribution >= 0.6 is 0 Å². The summed E-state index contributed by atoms with van der Waals surface area (Å²) in [6, 6.07) is 9.14. The summed E-state index contributed by atoms with van der Waals surface area (Å²) in [6.45, 7) is 1.87. The lowest BCUT2D eigenvalue weighted by molar-refractivity contribution is 0.0684. The summed E-state index contributed by atoms with van der Waals surface area (Å²) in [5.41, 5.74) is 1.09. The maximum absolute atomic E-state index is 12.8. The number of carbonyl (C=O) groups is 1. The first kappa shape index (κ1) is 11.4. The normalized spacial score (nSPS) is 12.4. The lowest BCUT2D eigenvalue weighted by atomic mass is 10.1. The third kappa shape index (κ3) is 2.20. The molecular formula is C13H12FNO2. The summed E-state index contributed by atoms with van der Waals surface area (Å²) in [5.74, 6) is -1.27. The molecule has 88 valence electrons. The van der Waals surface area contributed by atoms with Gasteiger partial charge in [0.2, 0.25) is 0 Å². The van der Waals surface area contributed by atoms with Crippen LogP contribution in [0.2, 0.25) is 0 Å². The van der Waals surface area contributed by atoms with Crippen molar-refractivity contribution < 1.29 is 14.3 Å². The van der Waals surface area contributed by atoms with Crippen LogP contribution in [0.3, 0.4) is 0 Å². The average Bonchev–Trinajstić information content (AvgIpc) is 2.78. The molecule has 1 heterocycles. The minimum absolute atomic E-state index is 0.142. The van der Waals surface area contributed by atoms with Crippen molar-refractivity contribution in [1.29, 1.82) is 0 Å². The fourth-order valence-corrected chi connectivity index (χ4v) is 1.81. The number of hydrogen-bond acceptors (Lipinski definition) is 1. The zero-order valence-electron chi connectivity index (χ0n) is 9.30. The van der Waals surface area contributed by atoms with E-state index in [1.54, 1.807) is 35.0 Å². The molecule has 0 fully saturated rings. The highest BCUT2D eigenvalue weighted by Gasteiger charge is 2.14. The molecule has 0 saturated heterocycles. The van der Waals surface area contributed by atoms with Crippen molar-refractivity contribution >= 4 is 5.97 Å². The van der Waals surface area contributed by atoms with Gasteiger partial charge in [-0.15, -0.1) is 0 Å². The van der Waals surface area contributed by atoms with Crippen LogP contribution in [0.4, 0.5) is 4.39 Å². The van der Waals surface area contributed by atoms with Crippen LogP contribution in [0.15, 0.2) is 42.6 Å². The van der Waals surface area contributed by atoms with E-state index in [-0.39, 0.29) is 17.6 Å². The molecule has 0 spiro atoms. The van der Waals surface area contributed by atoms with Crippen LogP contribution < -0.4 is 0 Å². The van der Waals surface area contributed by atoms with E-state index < -0.39 is 5.97 Å². The molecule has 0 saturated carbocycles. The summed E-state index contributed by atoms with van der Waals surface area (Å²) in [4.78, 5) is 11.0. The Kier molecular flexibility index (Phi) is 2.95. The molecule has 4 heteroatoms. The quantitative estimate of drug-likeness (QED) is 0.885. The van der Waals surface area contributed by atoms with E-state index in [4.69, 9.17) is 5.11 Å². The molecule has 1 aromatic carbocycles. The molecule has 17 heavy (non-hydrogen) atoms. The van der Waals surface area contributed by atoms with Gasteiger partial charge in [-0.25, -0.2) is 9.18 Å². The van der Waals surface area contributed by atoms with Gasteiger partial charge in [-0.05, 0) is 36.8 Å². The number of carboxylic acids is 1. The SMILES string of the molecule is CC(c1ccc(F)cc1)n1cccc1C(=O)O. The number of rotatable bonds is 3. The molecule has 0 bridgehead atoms. The lowest BCUT2D eigenvalue weighted by Crippen LogP contribution is -2.12. The fourth-order valence-electron chi connectivity index (χ4n) is 1.81. The molecular weight excluding hydrogens is 221 g/mol. The van der Waals surface area contributed by atoms with Crippen LogP contribution in [0.5, 0.6) is 0 Å². The van der Waals surface area contributed by atoms with Gasteiger partial charge in [0.05, 0.1) is 6.04 Å². The molecule has 2 rings (SSSR count). The minimum atomic E-state index is -0.969. The van der Waals surface area contributed by atoms with Gasteiger partial charge in [0, 0.05) is 6.20 Å². The number of carboxylic acid groups (broad SMARTS) is 1. The van der Waals surface area contributed by atoms with E-state index >= 15 is 0 Å².